The van der Waals surface area contributed by atoms with Gasteiger partial charge in [-0.15, -0.1) is 0 Å². The molecule has 1 aromatic carbocycles. The average Bonchev–Trinajstić information content (AvgIpc) is 2.49. The zero-order chi connectivity index (χ0) is 18.0. The van der Waals surface area contributed by atoms with Gasteiger partial charge in [0.05, 0.1) is 6.61 Å². The minimum Gasteiger partial charge on any atom is -0.494 e. The highest BCUT2D eigenvalue weighted by molar-refractivity contribution is 5.68. The van der Waals surface area contributed by atoms with E-state index in [9.17, 15) is 4.79 Å². The Bertz CT molecular complexity index is 498. The van der Waals surface area contributed by atoms with Gasteiger partial charge in [-0.3, -0.25) is 0 Å². The second kappa shape index (κ2) is 10.2. The third-order valence-corrected chi connectivity index (χ3v) is 3.24. The van der Waals surface area contributed by atoms with Gasteiger partial charge in [0.2, 0.25) is 0 Å². The Morgan fingerprint density at radius 1 is 1.21 bits per heavy atom. The maximum atomic E-state index is 12.2. The normalized spacial score (nSPS) is 11.2. The summed E-state index contributed by atoms with van der Waals surface area (Å²) in [6.45, 7) is 13.2. The zero-order valence-electron chi connectivity index (χ0n) is 15.7. The predicted octanol–water partition coefficient (Wildman–Crippen LogP) is 3.82. The van der Waals surface area contributed by atoms with Crippen molar-refractivity contribution in [1.82, 2.24) is 10.2 Å². The van der Waals surface area contributed by atoms with Crippen molar-refractivity contribution in [3.05, 3.63) is 29.8 Å². The summed E-state index contributed by atoms with van der Waals surface area (Å²) in [4.78, 5) is 13.9. The van der Waals surface area contributed by atoms with Crippen LogP contribution in [-0.4, -0.2) is 42.8 Å². The molecule has 0 aliphatic heterocycles. The van der Waals surface area contributed by atoms with Crippen LogP contribution in [0.25, 0.3) is 0 Å². The molecule has 1 amide bonds. The highest BCUT2D eigenvalue weighted by atomic mass is 16.6. The van der Waals surface area contributed by atoms with Crippen LogP contribution in [0.15, 0.2) is 24.3 Å². The SMILES string of the molecule is CCCN(CCNCc1cccc(OCC)c1)C(=O)OC(C)(C)C. The van der Waals surface area contributed by atoms with E-state index < -0.39 is 5.60 Å². The fourth-order valence-electron chi connectivity index (χ4n) is 2.25. The van der Waals surface area contributed by atoms with E-state index in [1.807, 2.05) is 45.9 Å². The van der Waals surface area contributed by atoms with Crippen molar-refractivity contribution >= 4 is 6.09 Å². The van der Waals surface area contributed by atoms with Gasteiger partial charge in [0, 0.05) is 26.2 Å². The standard InChI is InChI=1S/C19H32N2O3/c1-6-12-21(18(22)24-19(3,4)5)13-11-20-15-16-9-8-10-17(14-16)23-7-2/h8-10,14,20H,6-7,11-13,15H2,1-5H3. The van der Waals surface area contributed by atoms with Crippen LogP contribution in [0.3, 0.4) is 0 Å². The van der Waals surface area contributed by atoms with Crippen molar-refractivity contribution in [2.75, 3.05) is 26.2 Å². The number of hydrogen-bond acceptors (Lipinski definition) is 4. The molecule has 0 spiro atoms. The van der Waals surface area contributed by atoms with Crippen LogP contribution in [0.2, 0.25) is 0 Å². The molecule has 0 heterocycles. The number of rotatable bonds is 9. The molecule has 0 aliphatic carbocycles. The Kier molecular flexibility index (Phi) is 8.61. The van der Waals surface area contributed by atoms with Crippen molar-refractivity contribution < 1.29 is 14.3 Å². The van der Waals surface area contributed by atoms with Gasteiger partial charge in [-0.05, 0) is 51.8 Å². The second-order valence-electron chi connectivity index (χ2n) is 6.72. The minimum atomic E-state index is -0.462. The van der Waals surface area contributed by atoms with Crippen molar-refractivity contribution in [3.63, 3.8) is 0 Å². The number of carbonyl (C=O) groups is 1. The van der Waals surface area contributed by atoms with E-state index in [-0.39, 0.29) is 6.09 Å². The summed E-state index contributed by atoms with van der Waals surface area (Å²) in [6.07, 6.45) is 0.667. The number of hydrogen-bond donors (Lipinski definition) is 1. The first kappa shape index (κ1) is 20.3. The van der Waals surface area contributed by atoms with E-state index in [0.717, 1.165) is 25.3 Å². The number of nitrogens with zero attached hydrogens (tertiary/aromatic N) is 1. The van der Waals surface area contributed by atoms with E-state index in [1.54, 1.807) is 4.90 Å². The summed E-state index contributed by atoms with van der Waals surface area (Å²) in [5.74, 6) is 0.887. The Hall–Kier alpha value is -1.75. The fraction of sp³-hybridized carbons (Fsp3) is 0.632. The van der Waals surface area contributed by atoms with E-state index >= 15 is 0 Å². The van der Waals surface area contributed by atoms with Crippen LogP contribution >= 0.6 is 0 Å². The molecule has 0 saturated heterocycles. The van der Waals surface area contributed by atoms with E-state index in [0.29, 0.717) is 19.7 Å². The van der Waals surface area contributed by atoms with Gasteiger partial charge in [-0.1, -0.05) is 19.1 Å². The molecule has 0 aromatic heterocycles. The molecule has 24 heavy (non-hydrogen) atoms. The van der Waals surface area contributed by atoms with E-state index in [4.69, 9.17) is 9.47 Å². The quantitative estimate of drug-likeness (QED) is 0.697. The molecular formula is C19H32N2O3. The van der Waals surface area contributed by atoms with Crippen LogP contribution < -0.4 is 10.1 Å². The molecule has 5 nitrogen and oxygen atoms in total. The molecule has 5 heteroatoms. The summed E-state index contributed by atoms with van der Waals surface area (Å²) >= 11 is 0. The van der Waals surface area contributed by atoms with Gasteiger partial charge in [-0.2, -0.15) is 0 Å². The number of ether oxygens (including phenoxy) is 2. The first-order valence-electron chi connectivity index (χ1n) is 8.76. The summed E-state index contributed by atoms with van der Waals surface area (Å²) in [5.41, 5.74) is 0.705. The zero-order valence-corrected chi connectivity index (χ0v) is 15.7. The van der Waals surface area contributed by atoms with Gasteiger partial charge >= 0.3 is 6.09 Å². The molecule has 0 fully saturated rings. The van der Waals surface area contributed by atoms with Gasteiger partial charge < -0.3 is 19.7 Å². The number of nitrogens with one attached hydrogen (secondary N) is 1. The number of amides is 1. The van der Waals surface area contributed by atoms with Crippen LogP contribution in [0.5, 0.6) is 5.75 Å². The van der Waals surface area contributed by atoms with Gasteiger partial charge in [0.15, 0.2) is 0 Å². The Morgan fingerprint density at radius 3 is 2.58 bits per heavy atom. The summed E-state index contributed by atoms with van der Waals surface area (Å²) < 4.78 is 11.0. The number of benzene rings is 1. The van der Waals surface area contributed by atoms with Gasteiger partial charge in [-0.25, -0.2) is 4.79 Å². The lowest BCUT2D eigenvalue weighted by Crippen LogP contribution is -2.40. The van der Waals surface area contributed by atoms with Crippen molar-refractivity contribution in [1.29, 1.82) is 0 Å². The first-order valence-corrected chi connectivity index (χ1v) is 8.76. The molecule has 0 radical (unpaired) electrons. The minimum absolute atomic E-state index is 0.246. The highest BCUT2D eigenvalue weighted by Gasteiger charge is 2.21. The molecule has 1 N–H and O–H groups in total. The monoisotopic (exact) mass is 336 g/mol. The molecule has 136 valence electrons. The van der Waals surface area contributed by atoms with Crippen LogP contribution in [0, 0.1) is 0 Å². The molecule has 0 atom stereocenters. The maximum absolute atomic E-state index is 12.2. The lowest BCUT2D eigenvalue weighted by Gasteiger charge is -2.27. The van der Waals surface area contributed by atoms with Crippen LogP contribution in [0.1, 0.15) is 46.6 Å². The maximum Gasteiger partial charge on any atom is 0.410 e. The summed E-state index contributed by atoms with van der Waals surface area (Å²) in [5, 5.41) is 3.37. The lowest BCUT2D eigenvalue weighted by atomic mass is 10.2. The van der Waals surface area contributed by atoms with Gasteiger partial charge in [0.1, 0.15) is 11.4 Å². The third kappa shape index (κ3) is 8.20. The van der Waals surface area contributed by atoms with Crippen molar-refractivity contribution in [3.8, 4) is 5.75 Å². The molecule has 0 bridgehead atoms. The van der Waals surface area contributed by atoms with Crippen molar-refractivity contribution in [2.45, 2.75) is 53.2 Å². The van der Waals surface area contributed by atoms with Crippen molar-refractivity contribution in [2.24, 2.45) is 0 Å². The predicted molar refractivity (Wildman–Crippen MR) is 97.4 cm³/mol. The molecule has 1 rings (SSSR count). The van der Waals surface area contributed by atoms with E-state index in [2.05, 4.69) is 18.3 Å². The largest absolute Gasteiger partial charge is 0.494 e. The first-order chi connectivity index (χ1) is 11.4. The van der Waals surface area contributed by atoms with Gasteiger partial charge in [0.25, 0.3) is 0 Å². The lowest BCUT2D eigenvalue weighted by molar-refractivity contribution is 0.0252. The molecule has 0 aliphatic rings. The molecular weight excluding hydrogens is 304 g/mol. The Labute approximate surface area is 146 Å². The highest BCUT2D eigenvalue weighted by Crippen LogP contribution is 2.13. The second-order valence-corrected chi connectivity index (χ2v) is 6.72. The third-order valence-electron chi connectivity index (χ3n) is 3.24. The number of carbonyl (C=O) groups excluding carboxylic acids is 1. The summed E-state index contributed by atoms with van der Waals surface area (Å²) in [7, 11) is 0. The molecule has 1 aromatic rings. The topological polar surface area (TPSA) is 50.8 Å². The summed E-state index contributed by atoms with van der Waals surface area (Å²) in [6, 6.07) is 8.05. The average molecular weight is 336 g/mol. The smallest absolute Gasteiger partial charge is 0.410 e. The fourth-order valence-corrected chi connectivity index (χ4v) is 2.25. The molecule has 0 unspecified atom stereocenters. The Morgan fingerprint density at radius 2 is 1.96 bits per heavy atom. The molecule has 0 saturated carbocycles. The Balaban J connectivity index is 2.42. The van der Waals surface area contributed by atoms with Crippen LogP contribution in [0.4, 0.5) is 4.79 Å². The van der Waals surface area contributed by atoms with E-state index in [1.165, 1.54) is 5.56 Å². The van der Waals surface area contributed by atoms with Crippen LogP contribution in [-0.2, 0) is 11.3 Å².